The Hall–Kier alpha value is -1.52. The highest BCUT2D eigenvalue weighted by Gasteiger charge is 2.21. The fraction of sp³-hybridized carbons (Fsp3) is 0.250. The van der Waals surface area contributed by atoms with Gasteiger partial charge < -0.3 is 15.7 Å². The van der Waals surface area contributed by atoms with E-state index < -0.39 is 0 Å². The summed E-state index contributed by atoms with van der Waals surface area (Å²) >= 11 is 3.42. The quantitative estimate of drug-likeness (QED) is 0.888. The van der Waals surface area contributed by atoms with Gasteiger partial charge in [0.05, 0.1) is 0 Å². The third-order valence-corrected chi connectivity index (χ3v) is 4.04. The largest absolute Gasteiger partial charge is 0.508 e. The van der Waals surface area contributed by atoms with Gasteiger partial charge in [-0.25, -0.2) is 0 Å². The van der Waals surface area contributed by atoms with Gasteiger partial charge in [-0.05, 0) is 41.8 Å². The molecule has 1 aliphatic heterocycles. The van der Waals surface area contributed by atoms with Crippen LogP contribution in [0.1, 0.15) is 11.1 Å². The van der Waals surface area contributed by atoms with Crippen LogP contribution in [0.3, 0.4) is 0 Å². The summed E-state index contributed by atoms with van der Waals surface area (Å²) in [7, 11) is 0. The van der Waals surface area contributed by atoms with Crippen molar-refractivity contribution in [3.05, 3.63) is 58.1 Å². The maximum absolute atomic E-state index is 9.70. The van der Waals surface area contributed by atoms with Crippen molar-refractivity contribution in [1.82, 2.24) is 0 Å². The average Bonchev–Trinajstić information content (AvgIpc) is 2.37. The molecule has 2 aromatic rings. The van der Waals surface area contributed by atoms with Crippen molar-refractivity contribution in [2.24, 2.45) is 5.73 Å². The molecule has 104 valence electrons. The predicted octanol–water partition coefficient (Wildman–Crippen LogP) is 3.04. The molecule has 2 aromatic carbocycles. The van der Waals surface area contributed by atoms with Gasteiger partial charge in [-0.15, -0.1) is 0 Å². The molecule has 1 aliphatic rings. The molecule has 3 N–H and O–H groups in total. The zero-order valence-corrected chi connectivity index (χ0v) is 12.7. The van der Waals surface area contributed by atoms with Gasteiger partial charge in [-0.2, -0.15) is 0 Å². The number of aromatic hydroxyl groups is 1. The Morgan fingerprint density at radius 2 is 2.05 bits per heavy atom. The van der Waals surface area contributed by atoms with Gasteiger partial charge in [0.2, 0.25) is 0 Å². The summed E-state index contributed by atoms with van der Waals surface area (Å²) in [5.41, 5.74) is 9.76. The molecule has 1 unspecified atom stereocenters. The van der Waals surface area contributed by atoms with Gasteiger partial charge in [-0.3, -0.25) is 0 Å². The molecule has 4 heteroatoms. The third kappa shape index (κ3) is 2.81. The van der Waals surface area contributed by atoms with Crippen LogP contribution < -0.4 is 10.6 Å². The molecule has 0 saturated heterocycles. The fourth-order valence-corrected chi connectivity index (χ4v) is 3.34. The number of hydrogen-bond donors (Lipinski definition) is 2. The van der Waals surface area contributed by atoms with E-state index in [9.17, 15) is 5.11 Å². The van der Waals surface area contributed by atoms with Crippen LogP contribution in [0.5, 0.6) is 5.75 Å². The van der Waals surface area contributed by atoms with Crippen LogP contribution in [-0.4, -0.2) is 17.7 Å². The number of halogens is 1. The minimum Gasteiger partial charge on any atom is -0.508 e. The molecular weight excluding hydrogens is 316 g/mol. The number of nitrogens with two attached hydrogens (primary N) is 1. The summed E-state index contributed by atoms with van der Waals surface area (Å²) in [6.07, 6.45) is 0.927. The summed E-state index contributed by atoms with van der Waals surface area (Å²) in [5.74, 6) is 0.281. The monoisotopic (exact) mass is 332 g/mol. The zero-order chi connectivity index (χ0) is 14.1. The summed E-state index contributed by atoms with van der Waals surface area (Å²) in [4.78, 5) is 2.28. The molecule has 0 aliphatic carbocycles. The van der Waals surface area contributed by atoms with Crippen molar-refractivity contribution in [1.29, 1.82) is 0 Å². The first kappa shape index (κ1) is 13.5. The van der Waals surface area contributed by atoms with Crippen molar-refractivity contribution in [3.63, 3.8) is 0 Å². The molecule has 0 radical (unpaired) electrons. The van der Waals surface area contributed by atoms with Crippen LogP contribution in [0.15, 0.2) is 46.9 Å². The van der Waals surface area contributed by atoms with Gasteiger partial charge in [0.15, 0.2) is 0 Å². The average molecular weight is 333 g/mol. The highest BCUT2D eigenvalue weighted by Crippen LogP contribution is 2.29. The zero-order valence-electron chi connectivity index (χ0n) is 11.1. The molecule has 0 fully saturated rings. The van der Waals surface area contributed by atoms with E-state index in [1.54, 1.807) is 12.1 Å². The van der Waals surface area contributed by atoms with Crippen molar-refractivity contribution in [2.75, 3.05) is 11.4 Å². The number of para-hydroxylation sites is 1. The summed E-state index contributed by atoms with van der Waals surface area (Å²) in [5, 5.41) is 9.70. The molecule has 0 bridgehead atoms. The third-order valence-electron chi connectivity index (χ3n) is 3.59. The highest BCUT2D eigenvalue weighted by molar-refractivity contribution is 9.10. The molecule has 3 rings (SSSR count). The minimum atomic E-state index is 0.158. The molecule has 0 saturated carbocycles. The lowest BCUT2D eigenvalue weighted by Crippen LogP contribution is -2.42. The van der Waals surface area contributed by atoms with E-state index in [2.05, 4.69) is 45.1 Å². The lowest BCUT2D eigenvalue weighted by Gasteiger charge is -2.34. The number of anilines is 1. The van der Waals surface area contributed by atoms with Gasteiger partial charge >= 0.3 is 0 Å². The van der Waals surface area contributed by atoms with Gasteiger partial charge in [0.25, 0.3) is 0 Å². The SMILES string of the molecule is NC1Cc2ccccc2N(Cc2cc(O)cc(Br)c2)C1. The van der Waals surface area contributed by atoms with Crippen LogP contribution in [0.4, 0.5) is 5.69 Å². The highest BCUT2D eigenvalue weighted by atomic mass is 79.9. The number of benzene rings is 2. The molecule has 3 nitrogen and oxygen atoms in total. The second kappa shape index (κ2) is 5.46. The topological polar surface area (TPSA) is 49.5 Å². The van der Waals surface area contributed by atoms with Crippen LogP contribution >= 0.6 is 15.9 Å². The summed E-state index contributed by atoms with van der Waals surface area (Å²) in [6.45, 7) is 1.59. The van der Waals surface area contributed by atoms with E-state index >= 15 is 0 Å². The fourth-order valence-electron chi connectivity index (χ4n) is 2.82. The second-order valence-electron chi connectivity index (χ2n) is 5.29. The van der Waals surface area contributed by atoms with Crippen molar-refractivity contribution in [2.45, 2.75) is 19.0 Å². The molecule has 1 atom stereocenters. The molecule has 0 aromatic heterocycles. The Kier molecular flexibility index (Phi) is 3.68. The Balaban J connectivity index is 1.91. The number of fused-ring (bicyclic) bond motifs is 1. The Bertz CT molecular complexity index is 609. The lowest BCUT2D eigenvalue weighted by atomic mass is 9.98. The lowest BCUT2D eigenvalue weighted by molar-refractivity contribution is 0.474. The maximum atomic E-state index is 9.70. The number of phenols is 1. The molecule has 20 heavy (non-hydrogen) atoms. The Morgan fingerprint density at radius 3 is 2.85 bits per heavy atom. The minimum absolute atomic E-state index is 0.158. The van der Waals surface area contributed by atoms with E-state index in [1.165, 1.54) is 11.3 Å². The Morgan fingerprint density at radius 1 is 1.25 bits per heavy atom. The molecule has 0 spiro atoms. The Labute approximate surface area is 127 Å². The number of hydrogen-bond acceptors (Lipinski definition) is 3. The molecule has 1 heterocycles. The second-order valence-corrected chi connectivity index (χ2v) is 6.21. The first-order valence-electron chi connectivity index (χ1n) is 6.68. The van der Waals surface area contributed by atoms with Crippen molar-refractivity contribution >= 4 is 21.6 Å². The van der Waals surface area contributed by atoms with E-state index in [0.29, 0.717) is 0 Å². The maximum Gasteiger partial charge on any atom is 0.117 e. The summed E-state index contributed by atoms with van der Waals surface area (Å²) < 4.78 is 0.891. The van der Waals surface area contributed by atoms with Gasteiger partial charge in [-0.1, -0.05) is 34.1 Å². The smallest absolute Gasteiger partial charge is 0.117 e. The van der Waals surface area contributed by atoms with Gasteiger partial charge in [0, 0.05) is 29.3 Å². The predicted molar refractivity (Wildman–Crippen MR) is 85.0 cm³/mol. The van der Waals surface area contributed by atoms with Crippen molar-refractivity contribution < 1.29 is 5.11 Å². The summed E-state index contributed by atoms with van der Waals surface area (Å²) in [6, 6.07) is 14.1. The van der Waals surface area contributed by atoms with Crippen molar-refractivity contribution in [3.8, 4) is 5.75 Å². The van der Waals surface area contributed by atoms with Gasteiger partial charge in [0.1, 0.15) is 5.75 Å². The van der Waals surface area contributed by atoms with E-state index in [0.717, 1.165) is 29.5 Å². The van der Waals surface area contributed by atoms with E-state index in [-0.39, 0.29) is 11.8 Å². The first-order valence-corrected chi connectivity index (χ1v) is 7.48. The van der Waals surface area contributed by atoms with Crippen LogP contribution in [0, 0.1) is 0 Å². The number of phenolic OH excluding ortho intramolecular Hbond substituents is 1. The standard InChI is InChI=1S/C16H17BrN2O/c17-13-5-11(6-15(20)8-13)9-19-10-14(18)7-12-3-1-2-4-16(12)19/h1-6,8,14,20H,7,9-10,18H2. The number of nitrogens with zero attached hydrogens (tertiary/aromatic N) is 1. The van der Waals surface area contributed by atoms with E-state index in [4.69, 9.17) is 5.73 Å². The number of rotatable bonds is 2. The molecule has 0 amide bonds. The first-order chi connectivity index (χ1) is 9.61. The van der Waals surface area contributed by atoms with Crippen LogP contribution in [0.2, 0.25) is 0 Å². The van der Waals surface area contributed by atoms with E-state index in [1.807, 2.05) is 6.07 Å². The van der Waals surface area contributed by atoms with Crippen LogP contribution in [0.25, 0.3) is 0 Å². The molecular formula is C16H17BrN2O. The normalized spacial score (nSPS) is 17.9. The van der Waals surface area contributed by atoms with Crippen LogP contribution in [-0.2, 0) is 13.0 Å².